The van der Waals surface area contributed by atoms with Gasteiger partial charge >= 0.3 is 0 Å². The maximum Gasteiger partial charge on any atom is 0.220 e. The number of aryl methyl sites for hydroxylation is 3. The lowest BCUT2D eigenvalue weighted by atomic mass is 10.1. The molecule has 0 aliphatic heterocycles. The maximum atomic E-state index is 12.9. The Balaban J connectivity index is 0.000000278. The van der Waals surface area contributed by atoms with Crippen LogP contribution in [0, 0.1) is 6.92 Å². The summed E-state index contributed by atoms with van der Waals surface area (Å²) in [5.74, 6) is 1.02. The van der Waals surface area contributed by atoms with Crippen LogP contribution in [0.1, 0.15) is 65.6 Å². The van der Waals surface area contributed by atoms with Crippen molar-refractivity contribution in [1.82, 2.24) is 10.6 Å². The Morgan fingerprint density at radius 1 is 0.507 bits per heavy atom. The SMILES string of the molecule is CC(O)COC[C@H](Cc1ccc(O)cc1)NC(=O)CCc1ccccc1.Cc1ccc(COC(C)COC[C@H](Cc2ccc(OCc3ccccc3)cc2)NC(=O)CCc2ccccc2)cc1. The fourth-order valence-corrected chi connectivity index (χ4v) is 7.10. The van der Waals surface area contributed by atoms with Gasteiger partial charge in [0.25, 0.3) is 0 Å². The molecule has 6 aromatic rings. The van der Waals surface area contributed by atoms with Crippen LogP contribution in [0.3, 0.4) is 0 Å². The zero-order chi connectivity index (χ0) is 47.5. The van der Waals surface area contributed by atoms with Crippen molar-refractivity contribution in [3.05, 3.63) is 203 Å². The van der Waals surface area contributed by atoms with Crippen LogP contribution in [0.25, 0.3) is 0 Å². The second kappa shape index (κ2) is 29.4. The number of aliphatic hydroxyl groups is 1. The summed E-state index contributed by atoms with van der Waals surface area (Å²) < 4.78 is 23.5. The average Bonchev–Trinajstić information content (AvgIpc) is 3.34. The minimum Gasteiger partial charge on any atom is -0.508 e. The molecule has 0 aliphatic carbocycles. The summed E-state index contributed by atoms with van der Waals surface area (Å²) in [5, 5.41) is 24.9. The van der Waals surface area contributed by atoms with Gasteiger partial charge < -0.3 is 39.8 Å². The van der Waals surface area contributed by atoms with Gasteiger partial charge in [0.1, 0.15) is 18.1 Å². The van der Waals surface area contributed by atoms with Crippen LogP contribution in [0.5, 0.6) is 11.5 Å². The van der Waals surface area contributed by atoms with Crippen molar-refractivity contribution in [3.63, 3.8) is 0 Å². The predicted octanol–water partition coefficient (Wildman–Crippen LogP) is 9.31. The van der Waals surface area contributed by atoms with E-state index in [0.29, 0.717) is 71.6 Å². The number of nitrogens with one attached hydrogen (secondary N) is 2. The van der Waals surface area contributed by atoms with Gasteiger partial charge in [-0.1, -0.05) is 145 Å². The Labute approximate surface area is 397 Å². The molecule has 0 heterocycles. The summed E-state index contributed by atoms with van der Waals surface area (Å²) in [7, 11) is 0. The van der Waals surface area contributed by atoms with Crippen LogP contribution in [0.2, 0.25) is 0 Å². The van der Waals surface area contributed by atoms with E-state index >= 15 is 0 Å². The minimum atomic E-state index is -0.543. The average molecular weight is 909 g/mol. The molecule has 67 heavy (non-hydrogen) atoms. The Kier molecular flexibility index (Phi) is 22.6. The molecule has 6 aromatic carbocycles. The smallest absolute Gasteiger partial charge is 0.220 e. The molecule has 0 bridgehead atoms. The zero-order valence-corrected chi connectivity index (χ0v) is 39.2. The Morgan fingerprint density at radius 2 is 0.940 bits per heavy atom. The van der Waals surface area contributed by atoms with Crippen molar-refractivity contribution >= 4 is 11.8 Å². The van der Waals surface area contributed by atoms with E-state index in [9.17, 15) is 19.8 Å². The third-order valence-electron chi connectivity index (χ3n) is 10.8. The molecular weight excluding hydrogens is 841 g/mol. The van der Waals surface area contributed by atoms with Crippen LogP contribution in [-0.2, 0) is 62.7 Å². The largest absolute Gasteiger partial charge is 0.508 e. The van der Waals surface area contributed by atoms with Crippen LogP contribution >= 0.6 is 0 Å². The molecule has 4 N–H and O–H groups in total. The molecule has 0 aliphatic rings. The van der Waals surface area contributed by atoms with Crippen molar-refractivity contribution < 1.29 is 38.7 Å². The van der Waals surface area contributed by atoms with E-state index in [1.165, 1.54) is 5.56 Å². The zero-order valence-electron chi connectivity index (χ0n) is 39.2. The van der Waals surface area contributed by atoms with Gasteiger partial charge in [-0.3, -0.25) is 9.59 Å². The number of amides is 2. The van der Waals surface area contributed by atoms with Crippen LogP contribution in [0.15, 0.2) is 164 Å². The first-order valence-corrected chi connectivity index (χ1v) is 23.3. The molecule has 2 amide bonds. The molecule has 0 aromatic heterocycles. The van der Waals surface area contributed by atoms with Crippen LogP contribution in [0.4, 0.5) is 0 Å². The Bertz CT molecular complexity index is 2260. The highest BCUT2D eigenvalue weighted by atomic mass is 16.5. The number of aliphatic hydroxyl groups excluding tert-OH is 1. The van der Waals surface area contributed by atoms with E-state index in [-0.39, 0.29) is 42.4 Å². The number of phenolic OH excluding ortho intramolecular Hbond substituents is 1. The van der Waals surface area contributed by atoms with E-state index in [2.05, 4.69) is 54.0 Å². The summed E-state index contributed by atoms with van der Waals surface area (Å²) in [6.45, 7) is 8.22. The highest BCUT2D eigenvalue weighted by molar-refractivity contribution is 5.77. The first-order valence-electron chi connectivity index (χ1n) is 23.3. The third kappa shape index (κ3) is 21.7. The van der Waals surface area contributed by atoms with Crippen LogP contribution < -0.4 is 15.4 Å². The standard InChI is InChI=1S/C36H41NO4.C21H27NO4/c1-28-13-15-33(16-14-28)25-40-29(2)24-39-27-34(37-36(38)22-19-30-9-5-3-6-10-30)23-31-17-20-35(21-18-31)41-26-32-11-7-4-8-12-32;1-16(23)14-26-15-19(13-18-7-10-20(24)11-8-18)22-21(25)12-9-17-5-3-2-4-6-17/h3-18,20-21,29,34H,19,22-27H2,1-2H3,(H,37,38);2-8,10-11,16,19,23-24H,9,12-15H2,1H3,(H,22,25)/t29?,34-;16?,19-/m00/s1. The van der Waals surface area contributed by atoms with Gasteiger partial charge in [0.2, 0.25) is 11.8 Å². The second-order valence-electron chi connectivity index (χ2n) is 17.0. The third-order valence-corrected chi connectivity index (χ3v) is 10.8. The summed E-state index contributed by atoms with van der Waals surface area (Å²) in [6.07, 6.45) is 2.89. The number of rotatable bonds is 26. The Morgan fingerprint density at radius 3 is 1.43 bits per heavy atom. The maximum absolute atomic E-state index is 12.9. The second-order valence-corrected chi connectivity index (χ2v) is 17.0. The lowest BCUT2D eigenvalue weighted by molar-refractivity contribution is -0.123. The first kappa shape index (κ1) is 51.7. The molecule has 0 saturated heterocycles. The van der Waals surface area contributed by atoms with Crippen molar-refractivity contribution in [2.45, 2.75) is 96.8 Å². The monoisotopic (exact) mass is 908 g/mol. The molecule has 0 radical (unpaired) electrons. The van der Waals surface area contributed by atoms with E-state index < -0.39 is 6.10 Å². The molecule has 354 valence electrons. The number of ether oxygens (including phenoxy) is 4. The van der Waals surface area contributed by atoms with E-state index in [4.69, 9.17) is 18.9 Å². The molecule has 2 unspecified atom stereocenters. The topological polar surface area (TPSA) is 136 Å². The highest BCUT2D eigenvalue weighted by Crippen LogP contribution is 2.17. The van der Waals surface area contributed by atoms with Gasteiger partial charge in [0.15, 0.2) is 0 Å². The summed E-state index contributed by atoms with van der Waals surface area (Å²) in [6, 6.07) is 53.1. The highest BCUT2D eigenvalue weighted by Gasteiger charge is 2.17. The number of carbonyl (C=O) groups is 2. The van der Waals surface area contributed by atoms with Crippen LogP contribution in [-0.4, -0.2) is 72.7 Å². The fourth-order valence-electron chi connectivity index (χ4n) is 7.10. The molecular formula is C57H68N2O8. The first-order chi connectivity index (χ1) is 32.6. The fraction of sp³-hybridized carbons (Fsp3) is 0.333. The van der Waals surface area contributed by atoms with Gasteiger partial charge in [0, 0.05) is 12.8 Å². The van der Waals surface area contributed by atoms with Crippen molar-refractivity contribution in [2.75, 3.05) is 26.4 Å². The van der Waals surface area contributed by atoms with Gasteiger partial charge in [-0.05, 0) is 104 Å². The number of aromatic hydroxyl groups is 1. The molecule has 6 rings (SSSR count). The summed E-state index contributed by atoms with van der Waals surface area (Å²) in [5.41, 5.74) is 7.89. The normalized spacial score (nSPS) is 12.7. The number of phenols is 1. The Hall–Kier alpha value is -6.30. The van der Waals surface area contributed by atoms with Gasteiger partial charge in [0.05, 0.1) is 57.3 Å². The van der Waals surface area contributed by atoms with Crippen molar-refractivity contribution in [3.8, 4) is 11.5 Å². The van der Waals surface area contributed by atoms with E-state index in [0.717, 1.165) is 39.1 Å². The molecule has 10 heteroatoms. The number of hydrogen-bond acceptors (Lipinski definition) is 8. The number of carbonyl (C=O) groups excluding carboxylic acids is 2. The predicted molar refractivity (Wildman–Crippen MR) is 265 cm³/mol. The van der Waals surface area contributed by atoms with E-state index in [1.54, 1.807) is 19.1 Å². The number of hydrogen-bond donors (Lipinski definition) is 4. The van der Waals surface area contributed by atoms with Gasteiger partial charge in [-0.25, -0.2) is 0 Å². The minimum absolute atomic E-state index is 0.0222. The molecule has 0 saturated carbocycles. The number of benzene rings is 6. The van der Waals surface area contributed by atoms with Gasteiger partial charge in [-0.15, -0.1) is 0 Å². The van der Waals surface area contributed by atoms with E-state index in [1.807, 2.05) is 122 Å². The lowest BCUT2D eigenvalue weighted by Crippen LogP contribution is -2.40. The quantitative estimate of drug-likeness (QED) is 0.0423. The molecule has 4 atom stereocenters. The molecule has 10 nitrogen and oxygen atoms in total. The molecule has 0 spiro atoms. The summed E-state index contributed by atoms with van der Waals surface area (Å²) in [4.78, 5) is 25.2. The van der Waals surface area contributed by atoms with Crippen molar-refractivity contribution in [2.24, 2.45) is 0 Å². The lowest BCUT2D eigenvalue weighted by Gasteiger charge is -2.21. The van der Waals surface area contributed by atoms with Gasteiger partial charge in [-0.2, -0.15) is 0 Å². The molecule has 0 fully saturated rings. The van der Waals surface area contributed by atoms with Crippen molar-refractivity contribution in [1.29, 1.82) is 0 Å². The summed E-state index contributed by atoms with van der Waals surface area (Å²) >= 11 is 0.